The van der Waals surface area contributed by atoms with Crippen LogP contribution in [0.4, 0.5) is 0 Å². The van der Waals surface area contributed by atoms with Crippen LogP contribution in [0.3, 0.4) is 0 Å². The normalized spacial score (nSPS) is 12.7. The van der Waals surface area contributed by atoms with Crippen LogP contribution in [0.25, 0.3) is 0 Å². The molecule has 2 amide bonds. The second kappa shape index (κ2) is 40.1. The van der Waals surface area contributed by atoms with Gasteiger partial charge in [0.15, 0.2) is 46.0 Å². The summed E-state index contributed by atoms with van der Waals surface area (Å²) in [5.41, 5.74) is 3.12. The number of methoxy groups -OCH3 is 6. The van der Waals surface area contributed by atoms with Gasteiger partial charge in [-0.15, -0.1) is 20.2 Å². The molecule has 6 unspecified atom stereocenters. The Kier molecular flexibility index (Phi) is 33.4. The SMILES string of the molecule is CCCC(C#N)CCC(c1ccc(OC)c(OC(OC(=O)C(=O)OC(Oc2cc(C(CCC(C#N)CCC)N(C)CCc3ccc(OC)c(OC)c3)ccc2OC)C(=O)NCCO[N+](=O)[O-])C(=O)NCCO[N+](=O)[O-])c1)N(C)CCc1ccc(OC)c(OC)c1.O. The molecule has 0 aliphatic rings. The quantitative estimate of drug-likeness (QED) is 0.0117. The van der Waals surface area contributed by atoms with Crippen LogP contribution >= 0.6 is 0 Å². The van der Waals surface area contributed by atoms with Crippen LogP contribution < -0.4 is 48.5 Å². The Balaban J connectivity index is 0.0000216. The number of rotatable bonds is 42. The summed E-state index contributed by atoms with van der Waals surface area (Å²) in [6.45, 7) is 2.64. The average molecular weight is 1280 g/mol. The monoisotopic (exact) mass is 1280 g/mol. The zero-order valence-corrected chi connectivity index (χ0v) is 53.1. The minimum atomic E-state index is -2.37. The third-order valence-corrected chi connectivity index (χ3v) is 14.5. The zero-order chi connectivity index (χ0) is 66.1. The van der Waals surface area contributed by atoms with Gasteiger partial charge in [-0.05, 0) is 136 Å². The van der Waals surface area contributed by atoms with E-state index in [2.05, 4.69) is 42.2 Å². The molecule has 4 aromatic rings. The Morgan fingerprint density at radius 1 is 0.505 bits per heavy atom. The summed E-state index contributed by atoms with van der Waals surface area (Å²) in [5, 5.41) is 44.4. The van der Waals surface area contributed by atoms with E-state index < -0.39 is 84.9 Å². The Bertz CT molecular complexity index is 2870. The molecule has 0 bridgehead atoms. The Morgan fingerprint density at radius 2 is 0.846 bits per heavy atom. The van der Waals surface area contributed by atoms with Gasteiger partial charge in [0.2, 0.25) is 0 Å². The van der Waals surface area contributed by atoms with Crippen LogP contribution in [0.5, 0.6) is 46.0 Å². The number of carbonyl (C=O) groups is 4. The van der Waals surface area contributed by atoms with Gasteiger partial charge in [0, 0.05) is 50.1 Å². The molecule has 0 fully saturated rings. The van der Waals surface area contributed by atoms with E-state index in [1.165, 1.54) is 26.4 Å². The lowest BCUT2D eigenvalue weighted by Crippen LogP contribution is -2.46. The second-order valence-electron chi connectivity index (χ2n) is 20.5. The summed E-state index contributed by atoms with van der Waals surface area (Å²) >= 11 is 0. The third-order valence-electron chi connectivity index (χ3n) is 14.5. The van der Waals surface area contributed by atoms with Crippen molar-refractivity contribution < 1.29 is 91.9 Å². The Hall–Kier alpha value is -9.58. The van der Waals surface area contributed by atoms with Crippen LogP contribution in [-0.4, -0.2) is 158 Å². The van der Waals surface area contributed by atoms with Gasteiger partial charge < -0.3 is 73.2 Å². The van der Waals surface area contributed by atoms with E-state index in [1.54, 1.807) is 64.8 Å². The summed E-state index contributed by atoms with van der Waals surface area (Å²) in [7, 11) is 12.6. The van der Waals surface area contributed by atoms with Crippen LogP contribution in [0.1, 0.15) is 99.6 Å². The topological polar surface area (TPSA) is 375 Å². The van der Waals surface area contributed by atoms with E-state index in [-0.39, 0.29) is 40.3 Å². The number of amides is 2. The largest absolute Gasteiger partial charge is 0.493 e. The highest BCUT2D eigenvalue weighted by Gasteiger charge is 2.36. The van der Waals surface area contributed by atoms with Gasteiger partial charge >= 0.3 is 36.3 Å². The van der Waals surface area contributed by atoms with E-state index in [9.17, 15) is 49.9 Å². The molecule has 29 heteroatoms. The fourth-order valence-electron chi connectivity index (χ4n) is 9.76. The molecule has 6 atom stereocenters. The standard InChI is InChI=1S/C62H82N8O20.H2O/c1-11-13-43(39-63)15-21-47(67(3)31-27-41-17-23-49(79-5)53(35-41)83-9)45-19-25-51(81-7)55(37-45)87-61(57(71)65-29-33-85-69(75)76)89-59(73)60(74)90-62(58(72)66-30-34-86-70(77)78)88-56-38-46(20-26-52(56)82-8)48(22-16-44(40-64)14-12-2)68(4)32-28-42-18-24-50(80-6)54(36-42)84-10;/h17-20,23-26,35-38,43-44,47-48,61-62H,11-16,21-22,27-34H2,1-10H3,(H,65,71)(H,66,72);1H2. The molecule has 0 aliphatic carbocycles. The van der Waals surface area contributed by atoms with Gasteiger partial charge in [-0.3, -0.25) is 19.4 Å². The molecular weight excluding hydrogens is 1190 g/mol. The third kappa shape index (κ3) is 24.4. The minimum Gasteiger partial charge on any atom is -0.493 e. The average Bonchev–Trinajstić information content (AvgIpc) is 1.03. The predicted molar refractivity (Wildman–Crippen MR) is 326 cm³/mol. The molecule has 4 aromatic carbocycles. The van der Waals surface area contributed by atoms with Gasteiger partial charge in [0.25, 0.3) is 10.2 Å². The highest BCUT2D eigenvalue weighted by Crippen LogP contribution is 2.38. The van der Waals surface area contributed by atoms with E-state index >= 15 is 0 Å². The maximum atomic E-state index is 14.0. The number of nitrogens with one attached hydrogen (secondary N) is 2. The number of hydrogen-bond acceptors (Lipinski definition) is 24. The minimum absolute atomic E-state index is 0. The fraction of sp³-hybridized carbons (Fsp3) is 0.516. The van der Waals surface area contributed by atoms with Crippen molar-refractivity contribution in [1.29, 1.82) is 10.5 Å². The van der Waals surface area contributed by atoms with Crippen LogP contribution in [-0.2, 0) is 51.2 Å². The van der Waals surface area contributed by atoms with Crippen molar-refractivity contribution >= 4 is 23.8 Å². The number of nitrogens with zero attached hydrogens (tertiary/aromatic N) is 6. The zero-order valence-electron chi connectivity index (χ0n) is 53.1. The molecule has 0 spiro atoms. The molecule has 91 heavy (non-hydrogen) atoms. The van der Waals surface area contributed by atoms with E-state index in [4.69, 9.17) is 47.4 Å². The number of carbonyl (C=O) groups excluding carboxylic acids is 4. The maximum absolute atomic E-state index is 14.0. The molecule has 0 aromatic heterocycles. The van der Waals surface area contributed by atoms with Crippen molar-refractivity contribution in [3.05, 3.63) is 115 Å². The molecule has 498 valence electrons. The molecule has 29 nitrogen and oxygen atoms in total. The number of benzene rings is 4. The number of nitriles is 2. The van der Waals surface area contributed by atoms with Crippen molar-refractivity contribution in [3.63, 3.8) is 0 Å². The number of esters is 2. The fourth-order valence-corrected chi connectivity index (χ4v) is 9.76. The predicted octanol–water partition coefficient (Wildman–Crippen LogP) is 6.63. The highest BCUT2D eigenvalue weighted by molar-refractivity contribution is 6.30. The van der Waals surface area contributed by atoms with E-state index in [1.807, 2.05) is 52.2 Å². The summed E-state index contributed by atoms with van der Waals surface area (Å²) in [6, 6.07) is 24.9. The molecule has 0 saturated heterocycles. The molecule has 0 radical (unpaired) electrons. The van der Waals surface area contributed by atoms with Gasteiger partial charge in [0.1, 0.15) is 13.2 Å². The molecular formula is C62H84N8O21. The van der Waals surface area contributed by atoms with Gasteiger partial charge in [-0.1, -0.05) is 51.0 Å². The lowest BCUT2D eigenvalue weighted by atomic mass is 9.92. The first kappa shape index (κ1) is 75.7. The van der Waals surface area contributed by atoms with Gasteiger partial charge in [0.05, 0.1) is 54.8 Å². The van der Waals surface area contributed by atoms with Crippen LogP contribution in [0.2, 0.25) is 0 Å². The highest BCUT2D eigenvalue weighted by atomic mass is 17.0. The van der Waals surface area contributed by atoms with Crippen LogP contribution in [0.15, 0.2) is 72.8 Å². The maximum Gasteiger partial charge on any atom is 0.421 e. The first-order valence-corrected chi connectivity index (χ1v) is 29.1. The molecule has 0 heterocycles. The van der Waals surface area contributed by atoms with Crippen molar-refractivity contribution in [2.24, 2.45) is 11.8 Å². The Morgan fingerprint density at radius 3 is 1.16 bits per heavy atom. The van der Waals surface area contributed by atoms with Crippen LogP contribution in [0, 0.1) is 54.7 Å². The summed E-state index contributed by atoms with van der Waals surface area (Å²) in [4.78, 5) is 90.7. The first-order chi connectivity index (χ1) is 43.3. The summed E-state index contributed by atoms with van der Waals surface area (Å²) < 4.78 is 56.0. The van der Waals surface area contributed by atoms with Crippen molar-refractivity contribution in [2.45, 2.75) is 103 Å². The molecule has 4 N–H and O–H groups in total. The van der Waals surface area contributed by atoms with E-state index in [0.29, 0.717) is 98.6 Å². The molecule has 4 rings (SSSR count). The van der Waals surface area contributed by atoms with Crippen molar-refractivity contribution in [3.8, 4) is 58.1 Å². The number of ether oxygens (including phenoxy) is 10. The summed E-state index contributed by atoms with van der Waals surface area (Å²) in [5.74, 6) is -4.90. The van der Waals surface area contributed by atoms with Crippen molar-refractivity contribution in [1.82, 2.24) is 20.4 Å². The molecule has 0 saturated carbocycles. The first-order valence-electron chi connectivity index (χ1n) is 29.1. The number of hydrogen-bond donors (Lipinski definition) is 2. The Labute approximate surface area is 529 Å². The van der Waals surface area contributed by atoms with E-state index in [0.717, 1.165) is 24.0 Å². The summed E-state index contributed by atoms with van der Waals surface area (Å²) in [6.07, 6.45) is 1.24. The lowest BCUT2D eigenvalue weighted by molar-refractivity contribution is -0.757. The lowest BCUT2D eigenvalue weighted by Gasteiger charge is -2.30. The molecule has 0 aliphatic heterocycles. The van der Waals surface area contributed by atoms with Gasteiger partial charge in [-0.2, -0.15) is 10.5 Å². The van der Waals surface area contributed by atoms with Crippen molar-refractivity contribution in [2.75, 3.05) is 96.1 Å². The smallest absolute Gasteiger partial charge is 0.421 e. The number of likely N-dealkylation sites (N-methyl/N-ethyl adjacent to an activating group) is 2. The van der Waals surface area contributed by atoms with Gasteiger partial charge in [-0.25, -0.2) is 9.59 Å². The second-order valence-corrected chi connectivity index (χ2v) is 20.5.